The third kappa shape index (κ3) is 4.78. The Hall–Kier alpha value is -3.26. The van der Waals surface area contributed by atoms with Gasteiger partial charge < -0.3 is 14.6 Å². The number of nitrogens with one attached hydrogen (secondary N) is 1. The number of hydrogen-bond acceptors (Lipinski definition) is 7. The van der Waals surface area contributed by atoms with Gasteiger partial charge >= 0.3 is 0 Å². The molecule has 1 N–H and O–H groups in total. The van der Waals surface area contributed by atoms with Crippen LogP contribution in [0.1, 0.15) is 33.9 Å². The lowest BCUT2D eigenvalue weighted by Crippen LogP contribution is -2.34. The van der Waals surface area contributed by atoms with Gasteiger partial charge in [0.15, 0.2) is 11.5 Å². The van der Waals surface area contributed by atoms with E-state index in [4.69, 9.17) is 9.26 Å². The summed E-state index contributed by atoms with van der Waals surface area (Å²) in [6, 6.07) is 13.0. The summed E-state index contributed by atoms with van der Waals surface area (Å²) in [5.41, 5.74) is 2.05. The Morgan fingerprint density at radius 1 is 1.28 bits per heavy atom. The first-order chi connectivity index (χ1) is 14.1. The maximum absolute atomic E-state index is 12.4. The number of hydrogen-bond donors (Lipinski definition) is 1. The standard InChI is InChI=1S/C21H20N4O3S/c1-13(9-15-5-3-4-8-22-15)23-21(26)19-11-17(28-25-19)12-27-16-6-7-20-18(10-16)24-14(2)29-20/h3-8,10-11,13H,9,12H2,1-2H3,(H,23,26)/t13-/m0/s1. The molecule has 4 aromatic rings. The number of aryl methyl sites for hydroxylation is 1. The number of pyridine rings is 1. The van der Waals surface area contributed by atoms with Gasteiger partial charge in [-0.05, 0) is 38.1 Å². The van der Waals surface area contributed by atoms with Crippen LogP contribution in [0.4, 0.5) is 0 Å². The van der Waals surface area contributed by atoms with Crippen molar-refractivity contribution in [3.8, 4) is 5.75 Å². The van der Waals surface area contributed by atoms with Crippen molar-refractivity contribution in [3.63, 3.8) is 0 Å². The van der Waals surface area contributed by atoms with Gasteiger partial charge in [0.25, 0.3) is 5.91 Å². The first kappa shape index (κ1) is 19.1. The molecule has 0 spiro atoms. The zero-order chi connectivity index (χ0) is 20.2. The number of carbonyl (C=O) groups excluding carboxylic acids is 1. The second kappa shape index (κ2) is 8.40. The average molecular weight is 408 g/mol. The van der Waals surface area contributed by atoms with E-state index in [0.29, 0.717) is 17.9 Å². The molecule has 3 heterocycles. The van der Waals surface area contributed by atoms with E-state index in [1.54, 1.807) is 23.6 Å². The Bertz CT molecular complexity index is 1120. The Balaban J connectivity index is 1.32. The molecular weight excluding hydrogens is 388 g/mol. The van der Waals surface area contributed by atoms with Gasteiger partial charge in [-0.3, -0.25) is 9.78 Å². The summed E-state index contributed by atoms with van der Waals surface area (Å²) in [5, 5.41) is 7.77. The molecule has 29 heavy (non-hydrogen) atoms. The highest BCUT2D eigenvalue weighted by atomic mass is 32.1. The number of fused-ring (bicyclic) bond motifs is 1. The molecule has 0 radical (unpaired) electrons. The number of ether oxygens (including phenoxy) is 1. The molecule has 0 aliphatic rings. The normalized spacial score (nSPS) is 12.1. The van der Waals surface area contributed by atoms with Crippen LogP contribution >= 0.6 is 11.3 Å². The van der Waals surface area contributed by atoms with E-state index in [9.17, 15) is 4.79 Å². The van der Waals surface area contributed by atoms with E-state index in [1.807, 2.05) is 50.2 Å². The van der Waals surface area contributed by atoms with Crippen molar-refractivity contribution in [2.45, 2.75) is 32.9 Å². The molecule has 0 aliphatic carbocycles. The minimum atomic E-state index is -0.289. The molecule has 0 saturated carbocycles. The predicted octanol–water partition coefficient (Wildman–Crippen LogP) is 3.93. The van der Waals surface area contributed by atoms with E-state index < -0.39 is 0 Å². The lowest BCUT2D eigenvalue weighted by Gasteiger charge is -2.11. The Labute approximate surface area is 171 Å². The molecule has 0 aliphatic heterocycles. The SMILES string of the molecule is Cc1nc2cc(OCc3cc(C(=O)N[C@@H](C)Cc4ccccn4)no3)ccc2s1. The van der Waals surface area contributed by atoms with Crippen molar-refractivity contribution in [2.24, 2.45) is 0 Å². The maximum atomic E-state index is 12.4. The molecule has 1 aromatic carbocycles. The lowest BCUT2D eigenvalue weighted by molar-refractivity contribution is 0.0930. The second-order valence-electron chi connectivity index (χ2n) is 6.73. The smallest absolute Gasteiger partial charge is 0.273 e. The number of nitrogens with zero attached hydrogens (tertiary/aromatic N) is 3. The summed E-state index contributed by atoms with van der Waals surface area (Å²) in [6.45, 7) is 4.08. The minimum Gasteiger partial charge on any atom is -0.485 e. The van der Waals surface area contributed by atoms with Crippen molar-refractivity contribution in [1.82, 2.24) is 20.4 Å². The summed E-state index contributed by atoms with van der Waals surface area (Å²) >= 11 is 1.64. The highest BCUT2D eigenvalue weighted by Gasteiger charge is 2.16. The topological polar surface area (TPSA) is 90.1 Å². The van der Waals surface area contributed by atoms with Gasteiger partial charge in [-0.1, -0.05) is 11.2 Å². The molecule has 0 bridgehead atoms. The monoisotopic (exact) mass is 408 g/mol. The van der Waals surface area contributed by atoms with E-state index in [1.165, 1.54) is 0 Å². The Morgan fingerprint density at radius 3 is 3.00 bits per heavy atom. The second-order valence-corrected chi connectivity index (χ2v) is 7.96. The van der Waals surface area contributed by atoms with Crippen LogP contribution in [-0.4, -0.2) is 27.1 Å². The van der Waals surface area contributed by atoms with E-state index in [2.05, 4.69) is 20.4 Å². The van der Waals surface area contributed by atoms with Crippen LogP contribution in [0.25, 0.3) is 10.2 Å². The van der Waals surface area contributed by atoms with Crippen molar-refractivity contribution in [2.75, 3.05) is 0 Å². The van der Waals surface area contributed by atoms with Crippen molar-refractivity contribution >= 4 is 27.5 Å². The molecule has 0 saturated heterocycles. The number of benzene rings is 1. The van der Waals surface area contributed by atoms with Gasteiger partial charge in [0, 0.05) is 36.5 Å². The molecule has 148 valence electrons. The lowest BCUT2D eigenvalue weighted by atomic mass is 10.1. The largest absolute Gasteiger partial charge is 0.485 e. The molecule has 1 atom stereocenters. The Kier molecular flexibility index (Phi) is 5.53. The fourth-order valence-corrected chi connectivity index (χ4v) is 3.74. The van der Waals surface area contributed by atoms with Crippen LogP contribution in [0, 0.1) is 6.92 Å². The van der Waals surface area contributed by atoms with Crippen LogP contribution in [0.2, 0.25) is 0 Å². The zero-order valence-electron chi connectivity index (χ0n) is 16.1. The van der Waals surface area contributed by atoms with Gasteiger partial charge in [-0.25, -0.2) is 4.98 Å². The van der Waals surface area contributed by atoms with Gasteiger partial charge in [-0.2, -0.15) is 0 Å². The molecule has 0 fully saturated rings. The quantitative estimate of drug-likeness (QED) is 0.498. The van der Waals surface area contributed by atoms with Crippen LogP contribution in [0.3, 0.4) is 0 Å². The van der Waals surface area contributed by atoms with Crippen LogP contribution in [0.15, 0.2) is 53.2 Å². The highest BCUT2D eigenvalue weighted by molar-refractivity contribution is 7.18. The third-order valence-electron chi connectivity index (χ3n) is 4.26. The molecule has 3 aromatic heterocycles. The fraction of sp³-hybridized carbons (Fsp3) is 0.238. The van der Waals surface area contributed by atoms with Crippen LogP contribution in [0.5, 0.6) is 5.75 Å². The molecule has 7 nitrogen and oxygen atoms in total. The summed E-state index contributed by atoms with van der Waals surface area (Å²) in [5.74, 6) is 0.874. The predicted molar refractivity (Wildman–Crippen MR) is 110 cm³/mol. The van der Waals surface area contributed by atoms with Crippen molar-refractivity contribution < 1.29 is 14.1 Å². The number of rotatable bonds is 7. The number of carbonyl (C=O) groups is 1. The summed E-state index contributed by atoms with van der Waals surface area (Å²) in [6.07, 6.45) is 2.38. The molecule has 8 heteroatoms. The molecular formula is C21H20N4O3S. The molecule has 4 rings (SSSR count). The van der Waals surface area contributed by atoms with Gasteiger partial charge in [0.1, 0.15) is 12.4 Å². The molecule has 0 unspecified atom stereocenters. The fourth-order valence-electron chi connectivity index (χ4n) is 2.94. The van der Waals surface area contributed by atoms with E-state index in [-0.39, 0.29) is 24.2 Å². The zero-order valence-corrected chi connectivity index (χ0v) is 16.9. The van der Waals surface area contributed by atoms with E-state index in [0.717, 1.165) is 20.9 Å². The summed E-state index contributed by atoms with van der Waals surface area (Å²) in [4.78, 5) is 21.1. The first-order valence-electron chi connectivity index (χ1n) is 9.23. The number of thiazole rings is 1. The van der Waals surface area contributed by atoms with Crippen LogP contribution in [-0.2, 0) is 13.0 Å². The minimum absolute atomic E-state index is 0.0814. The molecule has 1 amide bonds. The first-order valence-corrected chi connectivity index (χ1v) is 10.0. The van der Waals surface area contributed by atoms with E-state index >= 15 is 0 Å². The third-order valence-corrected chi connectivity index (χ3v) is 5.21. The maximum Gasteiger partial charge on any atom is 0.273 e. The van der Waals surface area contributed by atoms with Crippen LogP contribution < -0.4 is 10.1 Å². The highest BCUT2D eigenvalue weighted by Crippen LogP contribution is 2.26. The number of amides is 1. The summed E-state index contributed by atoms with van der Waals surface area (Å²) in [7, 11) is 0. The van der Waals surface area contributed by atoms with Crippen molar-refractivity contribution in [3.05, 3.63) is 70.8 Å². The van der Waals surface area contributed by atoms with Crippen molar-refractivity contribution in [1.29, 1.82) is 0 Å². The Morgan fingerprint density at radius 2 is 2.17 bits per heavy atom. The van der Waals surface area contributed by atoms with Gasteiger partial charge in [0.2, 0.25) is 0 Å². The van der Waals surface area contributed by atoms with Gasteiger partial charge in [0.05, 0.1) is 15.2 Å². The summed E-state index contributed by atoms with van der Waals surface area (Å²) < 4.78 is 12.1. The van der Waals surface area contributed by atoms with Gasteiger partial charge in [-0.15, -0.1) is 11.3 Å². The number of aromatic nitrogens is 3. The average Bonchev–Trinajstić information content (AvgIpc) is 3.32.